The van der Waals surface area contributed by atoms with Gasteiger partial charge in [-0.05, 0) is 30.3 Å². The maximum Gasteiger partial charge on any atom is 0.346 e. The summed E-state index contributed by atoms with van der Waals surface area (Å²) in [5, 5.41) is 0.640. The van der Waals surface area contributed by atoms with Crippen LogP contribution in [0.4, 0.5) is 4.39 Å². The lowest BCUT2D eigenvalue weighted by Crippen LogP contribution is -2.11. The topological polar surface area (TPSA) is 58.9 Å². The van der Waals surface area contributed by atoms with E-state index < -0.39 is 11.5 Å². The number of aromatic nitrogens is 2. The molecule has 84 valence electrons. The van der Waals surface area contributed by atoms with Gasteiger partial charge in [-0.3, -0.25) is 0 Å². The zero-order valence-corrected chi connectivity index (χ0v) is 8.61. The van der Waals surface area contributed by atoms with E-state index >= 15 is 0 Å². The molecular weight excluding hydrogens is 223 g/mol. The molecule has 0 saturated heterocycles. The molecule has 2 heterocycles. The first-order valence-corrected chi connectivity index (χ1v) is 4.97. The fourth-order valence-corrected chi connectivity index (χ4v) is 1.73. The lowest BCUT2D eigenvalue weighted by Gasteiger charge is -2.02. The van der Waals surface area contributed by atoms with Gasteiger partial charge in [-0.1, -0.05) is 0 Å². The first kappa shape index (κ1) is 9.77. The molecule has 0 fully saturated rings. The molecule has 0 aliphatic heterocycles. The van der Waals surface area contributed by atoms with Gasteiger partial charge in [-0.15, -0.1) is 0 Å². The van der Waals surface area contributed by atoms with E-state index in [2.05, 4.69) is 9.97 Å². The molecular formula is C12H7FN2O2. The van der Waals surface area contributed by atoms with Crippen LogP contribution in [0.25, 0.3) is 22.4 Å². The van der Waals surface area contributed by atoms with Gasteiger partial charge < -0.3 is 9.40 Å². The third-order valence-corrected chi connectivity index (χ3v) is 2.45. The van der Waals surface area contributed by atoms with Crippen LogP contribution in [0.5, 0.6) is 0 Å². The smallest absolute Gasteiger partial charge is 0.346 e. The molecule has 0 aliphatic carbocycles. The molecule has 4 nitrogen and oxygen atoms in total. The van der Waals surface area contributed by atoms with Crippen LogP contribution in [-0.4, -0.2) is 9.97 Å². The van der Waals surface area contributed by atoms with E-state index in [-0.39, 0.29) is 0 Å². The van der Waals surface area contributed by atoms with Crippen molar-refractivity contribution < 1.29 is 8.81 Å². The lowest BCUT2D eigenvalue weighted by atomic mass is 10.1. The van der Waals surface area contributed by atoms with Gasteiger partial charge in [0.2, 0.25) is 0 Å². The number of fused-ring (bicyclic) bond motifs is 1. The molecule has 3 aromatic rings. The summed E-state index contributed by atoms with van der Waals surface area (Å²) in [6, 6.07) is 7.53. The number of H-pyrrole nitrogens is 1. The monoisotopic (exact) mass is 230 g/mol. The highest BCUT2D eigenvalue weighted by atomic mass is 19.1. The predicted octanol–water partition coefficient (Wildman–Crippen LogP) is 2.32. The number of nitrogens with zero attached hydrogens (tertiary/aromatic N) is 1. The third-order valence-electron chi connectivity index (χ3n) is 2.45. The van der Waals surface area contributed by atoms with Gasteiger partial charge in [0.25, 0.3) is 0 Å². The van der Waals surface area contributed by atoms with Gasteiger partial charge in [-0.2, -0.15) is 4.98 Å². The van der Waals surface area contributed by atoms with Crippen LogP contribution in [0.1, 0.15) is 0 Å². The predicted molar refractivity (Wildman–Crippen MR) is 60.0 cm³/mol. The van der Waals surface area contributed by atoms with Gasteiger partial charge in [0, 0.05) is 5.39 Å². The number of hydrogen-bond donors (Lipinski definition) is 1. The van der Waals surface area contributed by atoms with Crippen molar-refractivity contribution >= 4 is 10.9 Å². The Morgan fingerprint density at radius 1 is 1.29 bits per heavy atom. The van der Waals surface area contributed by atoms with Crippen LogP contribution in [0.3, 0.4) is 0 Å². The van der Waals surface area contributed by atoms with E-state index in [9.17, 15) is 9.18 Å². The number of benzene rings is 1. The highest BCUT2D eigenvalue weighted by Crippen LogP contribution is 2.24. The molecule has 0 saturated carbocycles. The zero-order chi connectivity index (χ0) is 11.8. The summed E-state index contributed by atoms with van der Waals surface area (Å²) >= 11 is 0. The molecule has 0 unspecified atom stereocenters. The summed E-state index contributed by atoms with van der Waals surface area (Å²) in [7, 11) is 0. The normalized spacial score (nSPS) is 10.9. The highest BCUT2D eigenvalue weighted by molar-refractivity contribution is 5.90. The van der Waals surface area contributed by atoms with Gasteiger partial charge in [0.05, 0.1) is 11.8 Å². The molecule has 17 heavy (non-hydrogen) atoms. The standard InChI is InChI=1S/C12H7FN2O2/c13-7-3-4-8-9(6-7)14-12(16)15-11(8)10-2-1-5-17-10/h1-6H,(H,14,15,16). The second-order valence-electron chi connectivity index (χ2n) is 3.56. The van der Waals surface area contributed by atoms with Crippen LogP contribution >= 0.6 is 0 Å². The number of furan rings is 1. The van der Waals surface area contributed by atoms with Gasteiger partial charge in [-0.25, -0.2) is 9.18 Å². The maximum absolute atomic E-state index is 13.1. The maximum atomic E-state index is 13.1. The molecule has 1 N–H and O–H groups in total. The van der Waals surface area contributed by atoms with Crippen molar-refractivity contribution in [2.75, 3.05) is 0 Å². The van der Waals surface area contributed by atoms with Crippen LogP contribution in [0.15, 0.2) is 45.8 Å². The quantitative estimate of drug-likeness (QED) is 0.697. The van der Waals surface area contributed by atoms with Crippen molar-refractivity contribution in [3.8, 4) is 11.5 Å². The molecule has 0 radical (unpaired) electrons. The summed E-state index contributed by atoms with van der Waals surface area (Å²) in [5.41, 5.74) is 0.277. The number of nitrogens with one attached hydrogen (secondary N) is 1. The van der Waals surface area contributed by atoms with Crippen LogP contribution in [-0.2, 0) is 0 Å². The minimum atomic E-state index is -0.533. The SMILES string of the molecule is O=c1nc(-c2ccco2)c2ccc(F)cc2[nH]1. The Bertz CT molecular complexity index is 732. The van der Waals surface area contributed by atoms with Crippen LogP contribution in [0, 0.1) is 5.82 Å². The Kier molecular flexibility index (Phi) is 2.04. The molecule has 0 atom stereocenters. The number of rotatable bonds is 1. The van der Waals surface area contributed by atoms with Crippen molar-refractivity contribution in [1.29, 1.82) is 0 Å². The molecule has 1 aromatic carbocycles. The summed E-state index contributed by atoms with van der Waals surface area (Å²) in [6.07, 6.45) is 1.49. The molecule has 0 aliphatic rings. The first-order chi connectivity index (χ1) is 8.24. The average Bonchev–Trinajstić information content (AvgIpc) is 2.80. The van der Waals surface area contributed by atoms with Crippen molar-refractivity contribution in [1.82, 2.24) is 9.97 Å². The fraction of sp³-hybridized carbons (Fsp3) is 0. The largest absolute Gasteiger partial charge is 0.463 e. The van der Waals surface area contributed by atoms with Crippen molar-refractivity contribution in [3.05, 3.63) is 52.9 Å². The molecule has 3 rings (SSSR count). The van der Waals surface area contributed by atoms with E-state index in [1.165, 1.54) is 18.4 Å². The van der Waals surface area contributed by atoms with Crippen molar-refractivity contribution in [2.45, 2.75) is 0 Å². The molecule has 0 bridgehead atoms. The van der Waals surface area contributed by atoms with Crippen molar-refractivity contribution in [3.63, 3.8) is 0 Å². The Morgan fingerprint density at radius 3 is 2.94 bits per heavy atom. The second kappa shape index (κ2) is 3.55. The lowest BCUT2D eigenvalue weighted by molar-refractivity contribution is 0.580. The van der Waals surface area contributed by atoms with Crippen molar-refractivity contribution in [2.24, 2.45) is 0 Å². The Hall–Kier alpha value is -2.43. The third kappa shape index (κ3) is 1.61. The Labute approximate surface area is 94.7 Å². The summed E-state index contributed by atoms with van der Waals surface area (Å²) in [4.78, 5) is 17.7. The first-order valence-electron chi connectivity index (χ1n) is 4.97. The number of hydrogen-bond acceptors (Lipinski definition) is 3. The zero-order valence-electron chi connectivity index (χ0n) is 8.61. The summed E-state index contributed by atoms with van der Waals surface area (Å²) in [5.74, 6) is 0.0671. The van der Waals surface area contributed by atoms with Crippen LogP contribution in [0.2, 0.25) is 0 Å². The van der Waals surface area contributed by atoms with E-state index in [4.69, 9.17) is 4.42 Å². The van der Waals surface area contributed by atoms with Gasteiger partial charge in [0.1, 0.15) is 11.5 Å². The summed E-state index contributed by atoms with van der Waals surface area (Å²) in [6.45, 7) is 0. The average molecular weight is 230 g/mol. The molecule has 5 heteroatoms. The molecule has 0 spiro atoms. The minimum Gasteiger partial charge on any atom is -0.463 e. The fourth-order valence-electron chi connectivity index (χ4n) is 1.73. The molecule has 2 aromatic heterocycles. The van der Waals surface area contributed by atoms with E-state index in [1.807, 2.05) is 0 Å². The minimum absolute atomic E-state index is 0.399. The Morgan fingerprint density at radius 2 is 2.18 bits per heavy atom. The molecule has 0 amide bonds. The number of halogens is 1. The van der Waals surface area contributed by atoms with Gasteiger partial charge >= 0.3 is 5.69 Å². The second-order valence-corrected chi connectivity index (χ2v) is 3.56. The van der Waals surface area contributed by atoms with E-state index in [0.717, 1.165) is 0 Å². The number of aromatic amines is 1. The van der Waals surface area contributed by atoms with E-state index in [1.54, 1.807) is 18.2 Å². The summed E-state index contributed by atoms with van der Waals surface area (Å²) < 4.78 is 18.3. The highest BCUT2D eigenvalue weighted by Gasteiger charge is 2.10. The van der Waals surface area contributed by atoms with Crippen LogP contribution < -0.4 is 5.69 Å². The van der Waals surface area contributed by atoms with Gasteiger partial charge in [0.15, 0.2) is 5.76 Å². The van der Waals surface area contributed by atoms with E-state index in [0.29, 0.717) is 22.4 Å². The Balaban J connectivity index is 2.42.